The molecule has 0 spiro atoms. The summed E-state index contributed by atoms with van der Waals surface area (Å²) in [6, 6.07) is 10.3. The molecule has 0 aliphatic rings. The minimum Gasteiger partial charge on any atom is -0.491 e. The molecule has 180 valence electrons. The van der Waals surface area contributed by atoms with E-state index in [1.165, 1.54) is 11.1 Å². The van der Waals surface area contributed by atoms with Crippen molar-refractivity contribution >= 4 is 43.7 Å². The number of benzene rings is 1. The minimum atomic E-state index is -4.01. The summed E-state index contributed by atoms with van der Waals surface area (Å²) in [6.07, 6.45) is 3.30. The lowest BCUT2D eigenvalue weighted by Gasteiger charge is -2.13. The zero-order valence-electron chi connectivity index (χ0n) is 19.6. The summed E-state index contributed by atoms with van der Waals surface area (Å²) in [6.45, 7) is 3.79. The lowest BCUT2D eigenvalue weighted by atomic mass is 10.1. The first-order valence-corrected chi connectivity index (χ1v) is 12.8. The molecule has 0 radical (unpaired) electrons. The van der Waals surface area contributed by atoms with Crippen molar-refractivity contribution in [2.75, 3.05) is 14.2 Å². The Bertz CT molecular complexity index is 1690. The Morgan fingerprint density at radius 3 is 2.49 bits per heavy atom. The number of hydrogen-bond acceptors (Lipinski definition) is 6. The SMILES string of the molecule is COc1nc2c(-c3cc4c(CCl)ccnc4n3S(=O)(=O)c3ccc(C)cc3)c[nH]c2c(C)c1OC. The highest BCUT2D eigenvalue weighted by atomic mass is 35.5. The highest BCUT2D eigenvalue weighted by molar-refractivity contribution is 7.90. The summed E-state index contributed by atoms with van der Waals surface area (Å²) >= 11 is 6.19. The maximum absolute atomic E-state index is 14.0. The molecule has 10 heteroatoms. The second kappa shape index (κ2) is 8.58. The van der Waals surface area contributed by atoms with Gasteiger partial charge >= 0.3 is 0 Å². The standard InChI is InChI=1S/C25H23ClN4O4S/c1-14-5-7-17(8-6-14)35(31,32)30-20(11-18-16(12-26)9-10-27-24(18)30)19-13-28-21-15(2)23(33-3)25(34-4)29-22(19)21/h5-11,13,28H,12H2,1-4H3. The van der Waals surface area contributed by atoms with E-state index < -0.39 is 10.0 Å². The fraction of sp³-hybridized carbons (Fsp3) is 0.200. The Morgan fingerprint density at radius 1 is 1.09 bits per heavy atom. The van der Waals surface area contributed by atoms with Crippen molar-refractivity contribution in [2.45, 2.75) is 24.6 Å². The number of aromatic amines is 1. The van der Waals surface area contributed by atoms with Gasteiger partial charge in [-0.25, -0.2) is 22.4 Å². The number of nitrogens with zero attached hydrogens (tertiary/aromatic N) is 3. The van der Waals surface area contributed by atoms with Gasteiger partial charge in [0.05, 0.1) is 30.3 Å². The summed E-state index contributed by atoms with van der Waals surface area (Å²) in [5, 5.41) is 0.653. The van der Waals surface area contributed by atoms with Gasteiger partial charge in [-0.3, -0.25) is 0 Å². The van der Waals surface area contributed by atoms with Gasteiger partial charge in [0.25, 0.3) is 15.9 Å². The zero-order valence-corrected chi connectivity index (χ0v) is 21.2. The molecule has 0 saturated carbocycles. The third-order valence-electron chi connectivity index (χ3n) is 6.10. The van der Waals surface area contributed by atoms with Crippen LogP contribution in [-0.4, -0.2) is 41.6 Å². The van der Waals surface area contributed by atoms with E-state index in [1.54, 1.807) is 55.9 Å². The Morgan fingerprint density at radius 2 is 1.83 bits per heavy atom. The number of pyridine rings is 2. The number of alkyl halides is 1. The number of ether oxygens (including phenoxy) is 2. The molecule has 1 N–H and O–H groups in total. The van der Waals surface area contributed by atoms with E-state index in [2.05, 4.69) is 15.0 Å². The number of rotatable bonds is 6. The fourth-order valence-corrected chi connectivity index (χ4v) is 6.02. The number of aryl methyl sites for hydroxylation is 2. The van der Waals surface area contributed by atoms with Gasteiger partial charge in [-0.15, -0.1) is 11.6 Å². The van der Waals surface area contributed by atoms with Crippen molar-refractivity contribution in [2.24, 2.45) is 0 Å². The van der Waals surface area contributed by atoms with Crippen molar-refractivity contribution in [1.29, 1.82) is 0 Å². The summed E-state index contributed by atoms with van der Waals surface area (Å²) < 4.78 is 40.2. The molecule has 0 aliphatic carbocycles. The number of nitrogens with one attached hydrogen (secondary N) is 1. The Labute approximate surface area is 207 Å². The molecule has 0 atom stereocenters. The Kier molecular flexibility index (Phi) is 5.69. The highest BCUT2D eigenvalue weighted by Gasteiger charge is 2.28. The first-order valence-electron chi connectivity index (χ1n) is 10.8. The maximum Gasteiger partial charge on any atom is 0.269 e. The molecular formula is C25H23ClN4O4S. The third kappa shape index (κ3) is 3.54. The molecule has 0 saturated heterocycles. The van der Waals surface area contributed by atoms with Crippen LogP contribution >= 0.6 is 11.6 Å². The summed E-state index contributed by atoms with van der Waals surface area (Å²) in [7, 11) is -0.953. The third-order valence-corrected chi connectivity index (χ3v) is 8.11. The van der Waals surface area contributed by atoms with Crippen molar-refractivity contribution in [3.63, 3.8) is 0 Å². The number of hydrogen-bond donors (Lipinski definition) is 1. The van der Waals surface area contributed by atoms with E-state index in [9.17, 15) is 8.42 Å². The summed E-state index contributed by atoms with van der Waals surface area (Å²) in [5.41, 5.74) is 5.09. The Hall–Kier alpha value is -3.56. The van der Waals surface area contributed by atoms with Crippen LogP contribution in [0.25, 0.3) is 33.3 Å². The molecule has 1 aromatic carbocycles. The van der Waals surface area contributed by atoms with E-state index in [0.717, 1.165) is 16.7 Å². The quantitative estimate of drug-likeness (QED) is 0.316. The first kappa shape index (κ1) is 23.2. The molecular weight excluding hydrogens is 488 g/mol. The summed E-state index contributed by atoms with van der Waals surface area (Å²) in [5.74, 6) is 1.03. The minimum absolute atomic E-state index is 0.156. The predicted molar refractivity (Wildman–Crippen MR) is 136 cm³/mol. The largest absolute Gasteiger partial charge is 0.491 e. The van der Waals surface area contributed by atoms with E-state index in [4.69, 9.17) is 21.1 Å². The first-order chi connectivity index (χ1) is 16.8. The van der Waals surface area contributed by atoms with Crippen LogP contribution in [0.4, 0.5) is 0 Å². The van der Waals surface area contributed by atoms with Crippen LogP contribution in [0.3, 0.4) is 0 Å². The molecule has 4 heterocycles. The molecule has 5 rings (SSSR count). The van der Waals surface area contributed by atoms with Gasteiger partial charge in [0.15, 0.2) is 11.4 Å². The molecule has 35 heavy (non-hydrogen) atoms. The van der Waals surface area contributed by atoms with Crippen LogP contribution in [-0.2, 0) is 15.9 Å². The fourth-order valence-electron chi connectivity index (χ4n) is 4.31. The molecule has 0 unspecified atom stereocenters. The topological polar surface area (TPSA) is 99.1 Å². The van der Waals surface area contributed by atoms with Gasteiger partial charge in [-0.1, -0.05) is 17.7 Å². The monoisotopic (exact) mass is 510 g/mol. The molecule has 4 aromatic heterocycles. The number of halogens is 1. The smallest absolute Gasteiger partial charge is 0.269 e. The molecule has 5 aromatic rings. The van der Waals surface area contributed by atoms with Crippen LogP contribution in [0.1, 0.15) is 16.7 Å². The van der Waals surface area contributed by atoms with Gasteiger partial charge in [-0.05, 0) is 43.7 Å². The second-order valence-corrected chi connectivity index (χ2v) is 10.2. The number of methoxy groups -OCH3 is 2. The molecule has 0 bridgehead atoms. The van der Waals surface area contributed by atoms with Crippen LogP contribution in [0, 0.1) is 13.8 Å². The van der Waals surface area contributed by atoms with E-state index >= 15 is 0 Å². The average Bonchev–Trinajstić information content (AvgIpc) is 3.45. The van der Waals surface area contributed by atoms with Crippen molar-refractivity contribution in [3.05, 3.63) is 65.5 Å². The molecule has 0 aliphatic heterocycles. The zero-order chi connectivity index (χ0) is 24.9. The maximum atomic E-state index is 14.0. The summed E-state index contributed by atoms with van der Waals surface area (Å²) in [4.78, 5) is 12.5. The van der Waals surface area contributed by atoms with E-state index in [-0.39, 0.29) is 10.8 Å². The predicted octanol–water partition coefficient (Wildman–Crippen LogP) is 5.19. The van der Waals surface area contributed by atoms with Crippen molar-refractivity contribution in [1.82, 2.24) is 18.9 Å². The van der Waals surface area contributed by atoms with Gasteiger partial charge in [-0.2, -0.15) is 0 Å². The van der Waals surface area contributed by atoms with Crippen LogP contribution in [0.15, 0.2) is 53.7 Å². The van der Waals surface area contributed by atoms with Gasteiger partial charge in [0.1, 0.15) is 5.52 Å². The lowest BCUT2D eigenvalue weighted by Crippen LogP contribution is -2.14. The van der Waals surface area contributed by atoms with Crippen LogP contribution < -0.4 is 9.47 Å². The van der Waals surface area contributed by atoms with E-state index in [0.29, 0.717) is 45.0 Å². The van der Waals surface area contributed by atoms with Gasteiger partial charge in [0, 0.05) is 34.8 Å². The number of H-pyrrole nitrogens is 1. The van der Waals surface area contributed by atoms with E-state index in [1.807, 2.05) is 13.8 Å². The highest BCUT2D eigenvalue weighted by Crippen LogP contribution is 2.40. The van der Waals surface area contributed by atoms with Crippen molar-refractivity contribution < 1.29 is 17.9 Å². The normalized spacial score (nSPS) is 11.9. The average molecular weight is 511 g/mol. The molecule has 0 amide bonds. The molecule has 0 fully saturated rings. The number of fused-ring (bicyclic) bond motifs is 2. The molecule has 8 nitrogen and oxygen atoms in total. The second-order valence-electron chi connectivity index (χ2n) is 8.16. The van der Waals surface area contributed by atoms with Crippen LogP contribution in [0.2, 0.25) is 0 Å². The lowest BCUT2D eigenvalue weighted by molar-refractivity contribution is 0.343. The van der Waals surface area contributed by atoms with Crippen molar-refractivity contribution in [3.8, 4) is 22.9 Å². The number of aromatic nitrogens is 4. The van der Waals surface area contributed by atoms with Crippen LogP contribution in [0.5, 0.6) is 11.6 Å². The van der Waals surface area contributed by atoms with Gasteiger partial charge in [0.2, 0.25) is 0 Å². The van der Waals surface area contributed by atoms with Gasteiger partial charge < -0.3 is 14.5 Å². The Balaban J connectivity index is 1.88.